The first-order valence-corrected chi connectivity index (χ1v) is 9.99. The van der Waals surface area contributed by atoms with Crippen LogP contribution < -0.4 is 0 Å². The van der Waals surface area contributed by atoms with Crippen LogP contribution in [0.25, 0.3) is 0 Å². The molecule has 1 aromatic heterocycles. The van der Waals surface area contributed by atoms with Crippen molar-refractivity contribution in [3.05, 3.63) is 16.1 Å². The fourth-order valence-electron chi connectivity index (χ4n) is 3.92. The summed E-state index contributed by atoms with van der Waals surface area (Å²) in [5.41, 5.74) is 0.718. The second-order valence-corrected chi connectivity index (χ2v) is 7.84. The fourth-order valence-corrected chi connectivity index (χ4v) is 4.66. The lowest BCUT2D eigenvalue weighted by Crippen LogP contribution is -2.54. The van der Waals surface area contributed by atoms with E-state index in [1.807, 2.05) is 15.2 Å². The highest BCUT2D eigenvalue weighted by molar-refractivity contribution is 7.09. The number of aromatic nitrogens is 1. The lowest BCUT2D eigenvalue weighted by molar-refractivity contribution is -0.139. The van der Waals surface area contributed by atoms with E-state index in [9.17, 15) is 9.59 Å². The summed E-state index contributed by atoms with van der Waals surface area (Å²) < 4.78 is 5.51. The van der Waals surface area contributed by atoms with Gasteiger partial charge in [-0.1, -0.05) is 6.92 Å². The second-order valence-electron chi connectivity index (χ2n) is 6.90. The van der Waals surface area contributed by atoms with Crippen LogP contribution in [0.5, 0.6) is 0 Å². The minimum Gasteiger partial charge on any atom is -0.381 e. The first-order valence-electron chi connectivity index (χ1n) is 9.11. The van der Waals surface area contributed by atoms with Crippen molar-refractivity contribution in [3.63, 3.8) is 0 Å². The lowest BCUT2D eigenvalue weighted by atomic mass is 9.84. The van der Waals surface area contributed by atoms with E-state index in [-0.39, 0.29) is 17.4 Å². The molecule has 1 aromatic rings. The van der Waals surface area contributed by atoms with Gasteiger partial charge in [0.2, 0.25) is 11.8 Å². The summed E-state index contributed by atoms with van der Waals surface area (Å²) in [6.45, 7) is 7.00. The first-order chi connectivity index (χ1) is 12.0. The number of rotatable bonds is 3. The summed E-state index contributed by atoms with van der Waals surface area (Å²) >= 11 is 1.62. The van der Waals surface area contributed by atoms with Crippen molar-refractivity contribution < 1.29 is 14.3 Å². The van der Waals surface area contributed by atoms with Crippen molar-refractivity contribution >= 4 is 23.2 Å². The molecule has 7 heteroatoms. The van der Waals surface area contributed by atoms with Crippen molar-refractivity contribution in [1.29, 1.82) is 0 Å². The molecule has 0 unspecified atom stereocenters. The Morgan fingerprint density at radius 3 is 2.64 bits per heavy atom. The van der Waals surface area contributed by atoms with Crippen molar-refractivity contribution in [1.82, 2.24) is 14.8 Å². The standard InChI is InChI=1S/C18H27N3O3S/c1-3-16-19-15(13-25-16)12-17(23)20-7-4-18(5-10-24-11-6-18)21(9-8-20)14(2)22/h13H,3-12H2,1-2H3. The van der Waals surface area contributed by atoms with Crippen molar-refractivity contribution in [2.45, 2.75) is 51.5 Å². The van der Waals surface area contributed by atoms with Crippen LogP contribution in [0.15, 0.2) is 5.38 Å². The molecule has 6 nitrogen and oxygen atoms in total. The van der Waals surface area contributed by atoms with Crippen molar-refractivity contribution in [2.75, 3.05) is 32.8 Å². The molecule has 138 valence electrons. The van der Waals surface area contributed by atoms with Gasteiger partial charge < -0.3 is 14.5 Å². The number of ether oxygens (including phenoxy) is 1. The minimum atomic E-state index is -0.144. The number of amides is 2. The van der Waals surface area contributed by atoms with E-state index in [1.165, 1.54) is 0 Å². The predicted octanol–water partition coefficient (Wildman–Crippen LogP) is 1.88. The van der Waals surface area contributed by atoms with Gasteiger partial charge >= 0.3 is 0 Å². The molecule has 0 aliphatic carbocycles. The predicted molar refractivity (Wildman–Crippen MR) is 96.6 cm³/mol. The van der Waals surface area contributed by atoms with Gasteiger partial charge in [-0.15, -0.1) is 11.3 Å². The lowest BCUT2D eigenvalue weighted by Gasteiger charge is -2.44. The van der Waals surface area contributed by atoms with E-state index in [1.54, 1.807) is 18.3 Å². The van der Waals surface area contributed by atoms with Crippen LogP contribution >= 0.6 is 11.3 Å². The Kier molecular flexibility index (Phi) is 5.74. The molecule has 2 amide bonds. The number of aryl methyl sites for hydroxylation is 1. The van der Waals surface area contributed by atoms with Crippen LogP contribution in [0.4, 0.5) is 0 Å². The third-order valence-electron chi connectivity index (χ3n) is 5.40. The Balaban J connectivity index is 1.68. The molecule has 3 heterocycles. The van der Waals surface area contributed by atoms with Crippen LogP contribution in [-0.4, -0.2) is 65.0 Å². The molecule has 0 radical (unpaired) electrons. The molecule has 2 aliphatic rings. The number of hydrogen-bond donors (Lipinski definition) is 0. The highest BCUT2D eigenvalue weighted by Crippen LogP contribution is 2.33. The normalized spacial score (nSPS) is 20.6. The molecular formula is C18H27N3O3S. The van der Waals surface area contributed by atoms with E-state index in [2.05, 4.69) is 11.9 Å². The molecular weight excluding hydrogens is 338 g/mol. The fraction of sp³-hybridized carbons (Fsp3) is 0.722. The molecule has 2 fully saturated rings. The zero-order chi connectivity index (χ0) is 17.9. The van der Waals surface area contributed by atoms with Crippen LogP contribution in [0.1, 0.15) is 43.8 Å². The van der Waals surface area contributed by atoms with Crippen molar-refractivity contribution in [3.8, 4) is 0 Å². The molecule has 2 saturated heterocycles. The maximum absolute atomic E-state index is 12.7. The highest BCUT2D eigenvalue weighted by Gasteiger charge is 2.42. The van der Waals surface area contributed by atoms with Gasteiger partial charge in [-0.2, -0.15) is 0 Å². The minimum absolute atomic E-state index is 0.100. The summed E-state index contributed by atoms with van der Waals surface area (Å²) in [6, 6.07) is 0. The summed E-state index contributed by atoms with van der Waals surface area (Å²) in [5, 5.41) is 3.05. The zero-order valence-electron chi connectivity index (χ0n) is 15.1. The van der Waals surface area contributed by atoms with Gasteiger partial charge in [0, 0.05) is 50.7 Å². The first kappa shape index (κ1) is 18.3. The Morgan fingerprint density at radius 2 is 2.00 bits per heavy atom. The van der Waals surface area contributed by atoms with Gasteiger partial charge in [0.25, 0.3) is 0 Å². The largest absolute Gasteiger partial charge is 0.381 e. The van der Waals surface area contributed by atoms with E-state index >= 15 is 0 Å². The number of thiazole rings is 1. The number of nitrogens with zero attached hydrogens (tertiary/aromatic N) is 3. The molecule has 0 aromatic carbocycles. The zero-order valence-corrected chi connectivity index (χ0v) is 15.9. The summed E-state index contributed by atoms with van der Waals surface area (Å²) in [4.78, 5) is 33.3. The molecule has 2 aliphatic heterocycles. The average molecular weight is 365 g/mol. The summed E-state index contributed by atoms with van der Waals surface area (Å²) in [5.74, 6) is 0.212. The monoisotopic (exact) mass is 365 g/mol. The Hall–Kier alpha value is -1.47. The quantitative estimate of drug-likeness (QED) is 0.820. The topological polar surface area (TPSA) is 62.7 Å². The van der Waals surface area contributed by atoms with E-state index in [0.29, 0.717) is 39.3 Å². The smallest absolute Gasteiger partial charge is 0.228 e. The maximum Gasteiger partial charge on any atom is 0.228 e. The van der Waals surface area contributed by atoms with Gasteiger partial charge in [0.1, 0.15) is 0 Å². The molecule has 0 atom stereocenters. The Labute approximate surface area is 153 Å². The number of hydrogen-bond acceptors (Lipinski definition) is 5. The van der Waals surface area contributed by atoms with Gasteiger partial charge in [-0.3, -0.25) is 9.59 Å². The SMILES string of the molecule is CCc1nc(CC(=O)N2CCN(C(C)=O)C3(CCOCC3)CC2)cs1. The van der Waals surface area contributed by atoms with Gasteiger partial charge in [0.05, 0.1) is 17.1 Å². The van der Waals surface area contributed by atoms with Crippen LogP contribution in [0.3, 0.4) is 0 Å². The van der Waals surface area contributed by atoms with Crippen LogP contribution in [-0.2, 0) is 27.2 Å². The van der Waals surface area contributed by atoms with Crippen LogP contribution in [0, 0.1) is 0 Å². The Bertz CT molecular complexity index is 625. The van der Waals surface area contributed by atoms with Crippen molar-refractivity contribution in [2.24, 2.45) is 0 Å². The number of carbonyl (C=O) groups excluding carboxylic acids is 2. The van der Waals surface area contributed by atoms with Gasteiger partial charge in [0.15, 0.2) is 0 Å². The third kappa shape index (κ3) is 4.03. The third-order valence-corrected chi connectivity index (χ3v) is 6.45. The van der Waals surface area contributed by atoms with E-state index < -0.39 is 0 Å². The molecule has 1 spiro atoms. The highest BCUT2D eigenvalue weighted by atomic mass is 32.1. The van der Waals surface area contributed by atoms with Gasteiger partial charge in [-0.05, 0) is 25.7 Å². The van der Waals surface area contributed by atoms with E-state index in [4.69, 9.17) is 4.74 Å². The molecule has 3 rings (SSSR count). The maximum atomic E-state index is 12.7. The van der Waals surface area contributed by atoms with Crippen LogP contribution in [0.2, 0.25) is 0 Å². The van der Waals surface area contributed by atoms with Gasteiger partial charge in [-0.25, -0.2) is 4.98 Å². The summed E-state index contributed by atoms with van der Waals surface area (Å²) in [6.07, 6.45) is 3.81. The molecule has 0 bridgehead atoms. The second kappa shape index (κ2) is 7.83. The molecule has 0 saturated carbocycles. The molecule has 25 heavy (non-hydrogen) atoms. The van der Waals surface area contributed by atoms with E-state index in [0.717, 1.165) is 36.4 Å². The number of carbonyl (C=O) groups is 2. The Morgan fingerprint density at radius 1 is 1.24 bits per heavy atom. The molecule has 0 N–H and O–H groups in total. The average Bonchev–Trinajstić information content (AvgIpc) is 2.97. The summed E-state index contributed by atoms with van der Waals surface area (Å²) in [7, 11) is 0.